The van der Waals surface area contributed by atoms with Gasteiger partial charge in [-0.2, -0.15) is 0 Å². The van der Waals surface area contributed by atoms with E-state index >= 15 is 0 Å². The van der Waals surface area contributed by atoms with Crippen molar-refractivity contribution in [2.75, 3.05) is 37.7 Å². The molecule has 6 heteroatoms. The number of hydrogen-bond acceptors (Lipinski definition) is 4. The summed E-state index contributed by atoms with van der Waals surface area (Å²) in [4.78, 5) is 20.3. The second-order valence-electron chi connectivity index (χ2n) is 5.40. The van der Waals surface area contributed by atoms with Crippen molar-refractivity contribution in [2.24, 2.45) is 0 Å². The fraction of sp³-hybridized carbons (Fsp3) is 0.600. The first-order valence-corrected chi connectivity index (χ1v) is 7.52. The van der Waals surface area contributed by atoms with Gasteiger partial charge in [0, 0.05) is 56.9 Å². The Morgan fingerprint density at radius 3 is 2.62 bits per heavy atom. The molecule has 0 bridgehead atoms. The number of piperazine rings is 1. The summed E-state index contributed by atoms with van der Waals surface area (Å²) < 4.78 is 0. The standard InChI is InChI=1S/C15H24N4O2/c1-13(3-2-12-20)17-15(21)19-10-8-18(9-11-19)14-4-6-16-7-5-14/h4-7,13,20H,2-3,8-12H2,1H3,(H,17,21). The largest absolute Gasteiger partial charge is 0.396 e. The minimum Gasteiger partial charge on any atom is -0.396 e. The molecule has 2 amide bonds. The van der Waals surface area contributed by atoms with Crippen LogP contribution >= 0.6 is 0 Å². The molecular weight excluding hydrogens is 268 g/mol. The van der Waals surface area contributed by atoms with E-state index in [-0.39, 0.29) is 18.7 Å². The van der Waals surface area contributed by atoms with Gasteiger partial charge in [-0.25, -0.2) is 4.79 Å². The molecule has 0 aromatic carbocycles. The van der Waals surface area contributed by atoms with Crippen LogP contribution in [0.5, 0.6) is 0 Å². The Hall–Kier alpha value is -1.82. The number of aliphatic hydroxyl groups excluding tert-OH is 1. The van der Waals surface area contributed by atoms with Crippen molar-refractivity contribution in [3.63, 3.8) is 0 Å². The maximum atomic E-state index is 12.1. The topological polar surface area (TPSA) is 68.7 Å². The fourth-order valence-electron chi connectivity index (χ4n) is 2.49. The minimum atomic E-state index is -0.00480. The molecule has 0 aliphatic carbocycles. The first-order chi connectivity index (χ1) is 10.2. The van der Waals surface area contributed by atoms with E-state index in [0.29, 0.717) is 0 Å². The van der Waals surface area contributed by atoms with Crippen LogP contribution in [0, 0.1) is 0 Å². The van der Waals surface area contributed by atoms with E-state index in [2.05, 4.69) is 15.2 Å². The summed E-state index contributed by atoms with van der Waals surface area (Å²) in [6.07, 6.45) is 5.10. The molecule has 1 aromatic rings. The SMILES string of the molecule is CC(CCCO)NC(=O)N1CCN(c2ccncc2)CC1. The Morgan fingerprint density at radius 1 is 1.33 bits per heavy atom. The summed E-state index contributed by atoms with van der Waals surface area (Å²) in [7, 11) is 0. The molecule has 0 saturated carbocycles. The van der Waals surface area contributed by atoms with Crippen molar-refractivity contribution in [1.82, 2.24) is 15.2 Å². The lowest BCUT2D eigenvalue weighted by molar-refractivity contribution is 0.189. The number of carbonyl (C=O) groups excluding carboxylic acids is 1. The zero-order valence-electron chi connectivity index (χ0n) is 12.5. The molecule has 1 aliphatic rings. The first kappa shape index (κ1) is 15.6. The molecule has 2 heterocycles. The third kappa shape index (κ3) is 4.60. The predicted octanol–water partition coefficient (Wildman–Crippen LogP) is 1.07. The minimum absolute atomic E-state index is 0.00480. The molecule has 2 N–H and O–H groups in total. The maximum Gasteiger partial charge on any atom is 0.317 e. The van der Waals surface area contributed by atoms with Gasteiger partial charge in [-0.15, -0.1) is 0 Å². The highest BCUT2D eigenvalue weighted by Gasteiger charge is 2.21. The lowest BCUT2D eigenvalue weighted by Gasteiger charge is -2.36. The molecule has 0 spiro atoms. The van der Waals surface area contributed by atoms with E-state index in [0.717, 1.165) is 44.7 Å². The quantitative estimate of drug-likeness (QED) is 0.852. The third-order valence-electron chi connectivity index (χ3n) is 3.76. The Bertz CT molecular complexity index is 433. The number of anilines is 1. The summed E-state index contributed by atoms with van der Waals surface area (Å²) in [5.41, 5.74) is 1.15. The number of pyridine rings is 1. The highest BCUT2D eigenvalue weighted by Crippen LogP contribution is 2.14. The van der Waals surface area contributed by atoms with Crippen LogP contribution in [0.25, 0.3) is 0 Å². The van der Waals surface area contributed by atoms with Crippen molar-refractivity contribution in [3.05, 3.63) is 24.5 Å². The fourth-order valence-corrected chi connectivity index (χ4v) is 2.49. The number of aromatic nitrogens is 1. The van der Waals surface area contributed by atoms with Gasteiger partial charge in [0.15, 0.2) is 0 Å². The summed E-state index contributed by atoms with van der Waals surface area (Å²) in [6, 6.07) is 4.08. The van der Waals surface area contributed by atoms with Gasteiger partial charge >= 0.3 is 6.03 Å². The van der Waals surface area contributed by atoms with Crippen molar-refractivity contribution >= 4 is 11.7 Å². The normalized spacial score (nSPS) is 16.7. The van der Waals surface area contributed by atoms with Crippen LogP contribution in [0.2, 0.25) is 0 Å². The Labute approximate surface area is 125 Å². The summed E-state index contributed by atoms with van der Waals surface area (Å²) in [5.74, 6) is 0. The molecule has 1 atom stereocenters. The average molecular weight is 292 g/mol. The zero-order chi connectivity index (χ0) is 15.1. The zero-order valence-corrected chi connectivity index (χ0v) is 12.5. The van der Waals surface area contributed by atoms with E-state index in [1.165, 1.54) is 0 Å². The predicted molar refractivity (Wildman–Crippen MR) is 82.3 cm³/mol. The van der Waals surface area contributed by atoms with Crippen LogP contribution in [0.15, 0.2) is 24.5 Å². The number of rotatable bonds is 5. The van der Waals surface area contributed by atoms with E-state index in [1.807, 2.05) is 24.0 Å². The van der Waals surface area contributed by atoms with Crippen LogP contribution in [0.4, 0.5) is 10.5 Å². The number of amides is 2. The van der Waals surface area contributed by atoms with E-state index < -0.39 is 0 Å². The van der Waals surface area contributed by atoms with Gasteiger partial charge in [0.25, 0.3) is 0 Å². The Kier molecular flexibility index (Phi) is 5.80. The van der Waals surface area contributed by atoms with Crippen molar-refractivity contribution < 1.29 is 9.90 Å². The number of hydrogen-bond donors (Lipinski definition) is 2. The molecule has 1 saturated heterocycles. The molecule has 1 aromatic heterocycles. The molecule has 21 heavy (non-hydrogen) atoms. The smallest absolute Gasteiger partial charge is 0.317 e. The lowest BCUT2D eigenvalue weighted by Crippen LogP contribution is -2.53. The number of carbonyl (C=O) groups is 1. The molecule has 1 fully saturated rings. The number of aliphatic hydroxyl groups is 1. The van der Waals surface area contributed by atoms with E-state index in [1.54, 1.807) is 12.4 Å². The molecule has 1 aliphatic heterocycles. The van der Waals surface area contributed by atoms with Crippen LogP contribution in [0.3, 0.4) is 0 Å². The monoisotopic (exact) mass is 292 g/mol. The van der Waals surface area contributed by atoms with Gasteiger partial charge in [-0.1, -0.05) is 0 Å². The molecule has 2 rings (SSSR count). The second-order valence-corrected chi connectivity index (χ2v) is 5.40. The average Bonchev–Trinajstić information content (AvgIpc) is 2.54. The van der Waals surface area contributed by atoms with Crippen molar-refractivity contribution in [1.29, 1.82) is 0 Å². The Morgan fingerprint density at radius 2 is 2.00 bits per heavy atom. The van der Waals surface area contributed by atoms with E-state index in [4.69, 9.17) is 5.11 Å². The highest BCUT2D eigenvalue weighted by molar-refractivity contribution is 5.74. The third-order valence-corrected chi connectivity index (χ3v) is 3.76. The maximum absolute atomic E-state index is 12.1. The molecule has 1 unspecified atom stereocenters. The highest BCUT2D eigenvalue weighted by atomic mass is 16.3. The Balaban J connectivity index is 1.77. The summed E-state index contributed by atoms with van der Waals surface area (Å²) in [5, 5.41) is 11.8. The van der Waals surface area contributed by atoms with Gasteiger partial charge in [-0.05, 0) is 31.9 Å². The summed E-state index contributed by atoms with van der Waals surface area (Å²) in [6.45, 7) is 5.26. The van der Waals surface area contributed by atoms with Crippen LogP contribution in [0.1, 0.15) is 19.8 Å². The second kappa shape index (κ2) is 7.83. The van der Waals surface area contributed by atoms with Gasteiger partial charge in [0.1, 0.15) is 0 Å². The van der Waals surface area contributed by atoms with Gasteiger partial charge in [-0.3, -0.25) is 4.98 Å². The number of nitrogens with zero attached hydrogens (tertiary/aromatic N) is 3. The van der Waals surface area contributed by atoms with Crippen LogP contribution in [-0.2, 0) is 0 Å². The van der Waals surface area contributed by atoms with Gasteiger partial charge in [0.05, 0.1) is 0 Å². The number of urea groups is 1. The molecule has 116 valence electrons. The van der Waals surface area contributed by atoms with Gasteiger partial charge in [0.2, 0.25) is 0 Å². The first-order valence-electron chi connectivity index (χ1n) is 7.52. The van der Waals surface area contributed by atoms with Crippen LogP contribution in [-0.4, -0.2) is 59.8 Å². The van der Waals surface area contributed by atoms with Gasteiger partial charge < -0.3 is 20.2 Å². The number of nitrogens with one attached hydrogen (secondary N) is 1. The van der Waals surface area contributed by atoms with Crippen molar-refractivity contribution in [2.45, 2.75) is 25.8 Å². The van der Waals surface area contributed by atoms with E-state index in [9.17, 15) is 4.79 Å². The lowest BCUT2D eigenvalue weighted by atomic mass is 10.2. The van der Waals surface area contributed by atoms with Crippen LogP contribution < -0.4 is 10.2 Å². The van der Waals surface area contributed by atoms with Crippen molar-refractivity contribution in [3.8, 4) is 0 Å². The summed E-state index contributed by atoms with van der Waals surface area (Å²) >= 11 is 0. The molecular formula is C15H24N4O2. The molecule has 6 nitrogen and oxygen atoms in total. The molecule has 0 radical (unpaired) electrons.